The monoisotopic (exact) mass is 186 g/mol. The topological polar surface area (TPSA) is 20.2 Å². The number of thiophene rings is 1. The Bertz CT molecular complexity index is 282. The van der Waals surface area contributed by atoms with Crippen molar-refractivity contribution in [2.24, 2.45) is 0 Å². The highest BCUT2D eigenvalue weighted by Crippen LogP contribution is 2.12. The van der Waals surface area contributed by atoms with E-state index in [0.717, 1.165) is 10.4 Å². The van der Waals surface area contributed by atoms with Gasteiger partial charge in [-0.2, -0.15) is 0 Å². The van der Waals surface area contributed by atoms with Crippen LogP contribution in [0, 0.1) is 11.8 Å². The minimum atomic E-state index is 0.0905. The summed E-state index contributed by atoms with van der Waals surface area (Å²) in [4.78, 5) is 0.934. The molecule has 0 aromatic carbocycles. The smallest absolute Gasteiger partial charge is 0.0839 e. The molecule has 1 N–H and O–H groups in total. The SMILES string of the molecule is OCc1cc(C#CCCl)cs1. The number of aliphatic hydroxyl groups is 1. The summed E-state index contributed by atoms with van der Waals surface area (Å²) < 4.78 is 0. The molecule has 0 aliphatic rings. The van der Waals surface area contributed by atoms with E-state index in [1.165, 1.54) is 11.3 Å². The van der Waals surface area contributed by atoms with Crippen LogP contribution in [0.2, 0.25) is 0 Å². The average Bonchev–Trinajstić information content (AvgIpc) is 2.48. The fourth-order valence-electron chi connectivity index (χ4n) is 0.665. The molecule has 0 fully saturated rings. The summed E-state index contributed by atoms with van der Waals surface area (Å²) >= 11 is 6.88. The Morgan fingerprint density at radius 2 is 2.45 bits per heavy atom. The van der Waals surface area contributed by atoms with E-state index in [9.17, 15) is 0 Å². The molecule has 0 aliphatic heterocycles. The molecule has 1 aromatic heterocycles. The molecular weight excluding hydrogens is 180 g/mol. The van der Waals surface area contributed by atoms with Gasteiger partial charge in [-0.25, -0.2) is 0 Å². The zero-order valence-corrected chi connectivity index (χ0v) is 7.37. The van der Waals surface area contributed by atoms with E-state index in [0.29, 0.717) is 5.88 Å². The molecule has 11 heavy (non-hydrogen) atoms. The van der Waals surface area contributed by atoms with Crippen LogP contribution in [0.3, 0.4) is 0 Å². The molecule has 0 atom stereocenters. The van der Waals surface area contributed by atoms with Crippen LogP contribution in [0.25, 0.3) is 0 Å². The number of aliphatic hydroxyl groups excluding tert-OH is 1. The molecule has 1 nitrogen and oxygen atoms in total. The second-order valence-corrected chi connectivity index (χ2v) is 3.16. The molecule has 1 heterocycles. The van der Waals surface area contributed by atoms with Crippen LogP contribution in [0.5, 0.6) is 0 Å². The molecule has 1 aromatic rings. The first-order chi connectivity index (χ1) is 5.36. The van der Waals surface area contributed by atoms with Crippen LogP contribution >= 0.6 is 22.9 Å². The molecule has 58 valence electrons. The Morgan fingerprint density at radius 1 is 1.64 bits per heavy atom. The largest absolute Gasteiger partial charge is 0.391 e. The van der Waals surface area contributed by atoms with Gasteiger partial charge >= 0.3 is 0 Å². The van der Waals surface area contributed by atoms with Crippen molar-refractivity contribution in [3.8, 4) is 11.8 Å². The van der Waals surface area contributed by atoms with Crippen molar-refractivity contribution in [3.05, 3.63) is 21.9 Å². The molecule has 0 saturated carbocycles. The van der Waals surface area contributed by atoms with Crippen LogP contribution in [-0.2, 0) is 6.61 Å². The normalized spacial score (nSPS) is 8.91. The van der Waals surface area contributed by atoms with Gasteiger partial charge in [0, 0.05) is 15.8 Å². The first-order valence-corrected chi connectivity index (χ1v) is 4.51. The summed E-state index contributed by atoms with van der Waals surface area (Å²) in [6.45, 7) is 0.0905. The summed E-state index contributed by atoms with van der Waals surface area (Å²) in [5.74, 6) is 5.96. The van der Waals surface area contributed by atoms with E-state index in [-0.39, 0.29) is 6.61 Å². The molecule has 0 aliphatic carbocycles. The van der Waals surface area contributed by atoms with Crippen LogP contribution in [0.15, 0.2) is 11.4 Å². The van der Waals surface area contributed by atoms with Gasteiger partial charge in [-0.3, -0.25) is 0 Å². The van der Waals surface area contributed by atoms with E-state index < -0.39 is 0 Å². The maximum atomic E-state index is 8.71. The fourth-order valence-corrected chi connectivity index (χ4v) is 1.41. The van der Waals surface area contributed by atoms with E-state index in [2.05, 4.69) is 11.8 Å². The quantitative estimate of drug-likeness (QED) is 0.524. The van der Waals surface area contributed by atoms with Gasteiger partial charge in [0.15, 0.2) is 0 Å². The lowest BCUT2D eigenvalue weighted by molar-refractivity contribution is 0.285. The third-order valence-electron chi connectivity index (χ3n) is 1.11. The Balaban J connectivity index is 2.72. The third-order valence-corrected chi connectivity index (χ3v) is 2.16. The molecule has 0 spiro atoms. The summed E-state index contributed by atoms with van der Waals surface area (Å²) in [5, 5.41) is 10.6. The van der Waals surface area contributed by atoms with Crippen molar-refractivity contribution in [2.45, 2.75) is 6.61 Å². The Labute approximate surface area is 74.6 Å². The second-order valence-electron chi connectivity index (χ2n) is 1.90. The van der Waals surface area contributed by atoms with E-state index >= 15 is 0 Å². The highest BCUT2D eigenvalue weighted by atomic mass is 35.5. The van der Waals surface area contributed by atoms with Gasteiger partial charge in [0.2, 0.25) is 0 Å². The van der Waals surface area contributed by atoms with Gasteiger partial charge in [0.1, 0.15) is 0 Å². The van der Waals surface area contributed by atoms with Crippen LogP contribution in [0.4, 0.5) is 0 Å². The van der Waals surface area contributed by atoms with Gasteiger partial charge in [-0.05, 0) is 6.07 Å². The number of hydrogen-bond donors (Lipinski definition) is 1. The highest BCUT2D eigenvalue weighted by molar-refractivity contribution is 7.10. The van der Waals surface area contributed by atoms with Gasteiger partial charge in [-0.15, -0.1) is 22.9 Å². The minimum Gasteiger partial charge on any atom is -0.391 e. The number of halogens is 1. The van der Waals surface area contributed by atoms with Crippen LogP contribution < -0.4 is 0 Å². The van der Waals surface area contributed by atoms with Crippen molar-refractivity contribution < 1.29 is 5.11 Å². The molecule has 0 radical (unpaired) electrons. The summed E-state index contributed by atoms with van der Waals surface area (Å²) in [5.41, 5.74) is 0.930. The van der Waals surface area contributed by atoms with E-state index in [4.69, 9.17) is 16.7 Å². The van der Waals surface area contributed by atoms with Gasteiger partial charge in [0.25, 0.3) is 0 Å². The van der Waals surface area contributed by atoms with E-state index in [1.54, 1.807) is 0 Å². The van der Waals surface area contributed by atoms with E-state index in [1.807, 2.05) is 11.4 Å². The number of rotatable bonds is 1. The summed E-state index contributed by atoms with van der Waals surface area (Å²) in [7, 11) is 0. The second kappa shape index (κ2) is 4.40. The third kappa shape index (κ3) is 2.55. The average molecular weight is 187 g/mol. The maximum absolute atomic E-state index is 8.71. The zero-order chi connectivity index (χ0) is 8.10. The predicted molar refractivity (Wildman–Crippen MR) is 47.8 cm³/mol. The molecule has 0 amide bonds. The maximum Gasteiger partial charge on any atom is 0.0839 e. The number of alkyl halides is 1. The summed E-state index contributed by atoms with van der Waals surface area (Å²) in [6, 6.07) is 1.87. The van der Waals surface area contributed by atoms with Crippen LogP contribution in [0.1, 0.15) is 10.4 Å². The molecule has 3 heteroatoms. The minimum absolute atomic E-state index is 0.0905. The first kappa shape index (κ1) is 8.61. The fraction of sp³-hybridized carbons (Fsp3) is 0.250. The highest BCUT2D eigenvalue weighted by Gasteiger charge is 1.93. The lowest BCUT2D eigenvalue weighted by Gasteiger charge is -1.80. The Morgan fingerprint density at radius 3 is 3.00 bits per heavy atom. The lowest BCUT2D eigenvalue weighted by Crippen LogP contribution is -1.72. The number of hydrogen-bond acceptors (Lipinski definition) is 2. The predicted octanol–water partition coefficient (Wildman–Crippen LogP) is 1.83. The first-order valence-electron chi connectivity index (χ1n) is 3.10. The molecule has 0 unspecified atom stereocenters. The molecule has 1 rings (SSSR count). The Kier molecular flexibility index (Phi) is 3.44. The molecule has 0 saturated heterocycles. The summed E-state index contributed by atoms with van der Waals surface area (Å²) in [6.07, 6.45) is 0. The van der Waals surface area contributed by atoms with Crippen molar-refractivity contribution >= 4 is 22.9 Å². The standard InChI is InChI=1S/C8H7ClOS/c9-3-1-2-7-4-8(5-10)11-6-7/h4,6,10H,3,5H2. The Hall–Kier alpha value is -0.490. The van der Waals surface area contributed by atoms with Gasteiger partial charge in [-0.1, -0.05) is 11.8 Å². The van der Waals surface area contributed by atoms with Crippen LogP contribution in [-0.4, -0.2) is 11.0 Å². The zero-order valence-electron chi connectivity index (χ0n) is 5.80. The van der Waals surface area contributed by atoms with Crippen molar-refractivity contribution in [1.29, 1.82) is 0 Å². The molecular formula is C8H7ClOS. The van der Waals surface area contributed by atoms with Gasteiger partial charge in [0.05, 0.1) is 12.5 Å². The van der Waals surface area contributed by atoms with Crippen molar-refractivity contribution in [2.75, 3.05) is 5.88 Å². The van der Waals surface area contributed by atoms with Crippen molar-refractivity contribution in [1.82, 2.24) is 0 Å². The van der Waals surface area contributed by atoms with Gasteiger partial charge < -0.3 is 5.11 Å². The van der Waals surface area contributed by atoms with Crippen molar-refractivity contribution in [3.63, 3.8) is 0 Å². The lowest BCUT2D eigenvalue weighted by atomic mass is 10.3. The molecule has 0 bridgehead atoms.